The number of carbonyl (C=O) groups excluding carboxylic acids is 2. The van der Waals surface area contributed by atoms with Crippen molar-refractivity contribution in [2.45, 2.75) is 59.9 Å². The lowest BCUT2D eigenvalue weighted by Crippen LogP contribution is -2.28. The molecule has 0 fully saturated rings. The maximum Gasteiger partial charge on any atom is 0.227 e. The van der Waals surface area contributed by atoms with Crippen molar-refractivity contribution in [3.63, 3.8) is 0 Å². The molecule has 1 aromatic rings. The first-order chi connectivity index (χ1) is 11.4. The average molecular weight is 353 g/mol. The van der Waals surface area contributed by atoms with E-state index < -0.39 is 0 Å². The van der Waals surface area contributed by atoms with Crippen LogP contribution >= 0.6 is 11.6 Å². The van der Waals surface area contributed by atoms with Gasteiger partial charge in [0, 0.05) is 18.4 Å². The second-order valence-electron chi connectivity index (χ2n) is 6.40. The van der Waals surface area contributed by atoms with E-state index in [2.05, 4.69) is 24.5 Å². The Balaban J connectivity index is 2.69. The number of hydrogen-bond acceptors (Lipinski definition) is 2. The van der Waals surface area contributed by atoms with Crippen LogP contribution in [0.25, 0.3) is 0 Å². The van der Waals surface area contributed by atoms with Crippen LogP contribution < -0.4 is 10.6 Å². The van der Waals surface area contributed by atoms with Crippen molar-refractivity contribution in [3.05, 3.63) is 28.8 Å². The Bertz CT molecular complexity index is 560. The van der Waals surface area contributed by atoms with Crippen LogP contribution in [-0.4, -0.2) is 11.8 Å². The van der Waals surface area contributed by atoms with Crippen molar-refractivity contribution in [1.82, 2.24) is 5.32 Å². The normalized spacial score (nSPS) is 13.2. The molecule has 0 bridgehead atoms. The summed E-state index contributed by atoms with van der Waals surface area (Å²) in [6.07, 6.45) is 3.67. The van der Waals surface area contributed by atoms with Gasteiger partial charge in [0.2, 0.25) is 11.8 Å². The fourth-order valence-electron chi connectivity index (χ4n) is 2.53. The molecule has 0 aliphatic rings. The highest BCUT2D eigenvalue weighted by atomic mass is 35.5. The SMILES string of the molecule is CCC[C@@H](C)C(=O)NCc1ccc(Cl)c(NC(=O)[C@@H](C)CCC)c1. The molecule has 0 saturated heterocycles. The van der Waals surface area contributed by atoms with Gasteiger partial charge in [0.15, 0.2) is 0 Å². The van der Waals surface area contributed by atoms with Crippen LogP contribution in [-0.2, 0) is 16.1 Å². The minimum absolute atomic E-state index is 0.0105. The van der Waals surface area contributed by atoms with Crippen molar-refractivity contribution in [2.24, 2.45) is 11.8 Å². The summed E-state index contributed by atoms with van der Waals surface area (Å²) in [4.78, 5) is 24.1. The first-order valence-corrected chi connectivity index (χ1v) is 9.13. The number of rotatable bonds is 9. The third-order valence-electron chi connectivity index (χ3n) is 4.09. The molecule has 0 aliphatic carbocycles. The zero-order chi connectivity index (χ0) is 18.1. The number of carbonyl (C=O) groups is 2. The van der Waals surface area contributed by atoms with Crippen LogP contribution in [0.1, 0.15) is 58.9 Å². The first-order valence-electron chi connectivity index (χ1n) is 8.76. The lowest BCUT2D eigenvalue weighted by atomic mass is 10.0. The quantitative estimate of drug-likeness (QED) is 0.672. The van der Waals surface area contributed by atoms with Crippen molar-refractivity contribution in [1.29, 1.82) is 0 Å². The summed E-state index contributed by atoms with van der Waals surface area (Å²) in [5, 5.41) is 6.32. The van der Waals surface area contributed by atoms with E-state index in [1.165, 1.54) is 0 Å². The molecular weight excluding hydrogens is 324 g/mol. The van der Waals surface area contributed by atoms with Crippen LogP contribution in [0.5, 0.6) is 0 Å². The van der Waals surface area contributed by atoms with Gasteiger partial charge in [0.05, 0.1) is 10.7 Å². The van der Waals surface area contributed by atoms with Gasteiger partial charge in [-0.25, -0.2) is 0 Å². The molecule has 1 aromatic carbocycles. The van der Waals surface area contributed by atoms with Gasteiger partial charge in [-0.05, 0) is 30.5 Å². The summed E-state index contributed by atoms with van der Waals surface area (Å²) in [5.74, 6) is -0.0221. The predicted molar refractivity (Wildman–Crippen MR) is 100 cm³/mol. The topological polar surface area (TPSA) is 58.2 Å². The van der Waals surface area contributed by atoms with Crippen molar-refractivity contribution in [3.8, 4) is 0 Å². The number of hydrogen-bond donors (Lipinski definition) is 2. The minimum Gasteiger partial charge on any atom is -0.352 e. The van der Waals surface area contributed by atoms with E-state index >= 15 is 0 Å². The largest absolute Gasteiger partial charge is 0.352 e. The molecule has 0 aromatic heterocycles. The molecule has 0 radical (unpaired) electrons. The molecule has 1 rings (SSSR count). The first kappa shape index (κ1) is 20.5. The fraction of sp³-hybridized carbons (Fsp3) is 0.579. The number of halogens is 1. The summed E-state index contributed by atoms with van der Waals surface area (Å²) in [7, 11) is 0. The molecule has 2 atom stereocenters. The van der Waals surface area contributed by atoms with Crippen LogP contribution in [0.15, 0.2) is 18.2 Å². The van der Waals surface area contributed by atoms with Gasteiger partial charge >= 0.3 is 0 Å². The fourth-order valence-corrected chi connectivity index (χ4v) is 2.69. The Morgan fingerprint density at radius 2 is 1.62 bits per heavy atom. The second kappa shape index (κ2) is 10.3. The van der Waals surface area contributed by atoms with E-state index in [-0.39, 0.29) is 23.7 Å². The molecule has 0 unspecified atom stereocenters. The molecule has 5 heteroatoms. The van der Waals surface area contributed by atoms with Gasteiger partial charge in [0.25, 0.3) is 0 Å². The molecule has 2 amide bonds. The predicted octanol–water partition coefficient (Wildman–Crippen LogP) is 4.77. The Morgan fingerprint density at radius 3 is 2.21 bits per heavy atom. The van der Waals surface area contributed by atoms with Gasteiger partial charge in [-0.1, -0.05) is 58.2 Å². The van der Waals surface area contributed by atoms with Gasteiger partial charge in [0.1, 0.15) is 0 Å². The number of nitrogens with one attached hydrogen (secondary N) is 2. The molecule has 4 nitrogen and oxygen atoms in total. The third kappa shape index (κ3) is 6.52. The zero-order valence-corrected chi connectivity index (χ0v) is 15.9. The highest BCUT2D eigenvalue weighted by Gasteiger charge is 2.14. The van der Waals surface area contributed by atoms with E-state index in [4.69, 9.17) is 11.6 Å². The highest BCUT2D eigenvalue weighted by Crippen LogP contribution is 2.24. The molecular formula is C19H29ClN2O2. The van der Waals surface area contributed by atoms with Crippen LogP contribution in [0.4, 0.5) is 5.69 Å². The maximum absolute atomic E-state index is 12.2. The lowest BCUT2D eigenvalue weighted by molar-refractivity contribution is -0.125. The standard InChI is InChI=1S/C19H29ClN2O2/c1-5-7-13(3)18(23)21-12-15-9-10-16(20)17(11-15)22-19(24)14(4)8-6-2/h9-11,13-14H,5-8,12H2,1-4H3,(H,21,23)(H,22,24)/t13-,14+/m1/s1. The van der Waals surface area contributed by atoms with Gasteiger partial charge in [-0.15, -0.1) is 0 Å². The Hall–Kier alpha value is -1.55. The van der Waals surface area contributed by atoms with E-state index in [0.29, 0.717) is 17.3 Å². The zero-order valence-electron chi connectivity index (χ0n) is 15.1. The summed E-state index contributed by atoms with van der Waals surface area (Å²) < 4.78 is 0. The van der Waals surface area contributed by atoms with E-state index in [1.807, 2.05) is 26.0 Å². The van der Waals surface area contributed by atoms with E-state index in [1.54, 1.807) is 6.07 Å². The van der Waals surface area contributed by atoms with E-state index in [9.17, 15) is 9.59 Å². The summed E-state index contributed by atoms with van der Waals surface area (Å²) in [5.41, 5.74) is 1.51. The number of anilines is 1. The van der Waals surface area contributed by atoms with Crippen LogP contribution in [0, 0.1) is 11.8 Å². The minimum atomic E-state index is -0.0516. The molecule has 2 N–H and O–H groups in total. The van der Waals surface area contributed by atoms with Crippen LogP contribution in [0.2, 0.25) is 5.02 Å². The van der Waals surface area contributed by atoms with E-state index in [0.717, 1.165) is 31.2 Å². The molecule has 0 spiro atoms. The van der Waals surface area contributed by atoms with Crippen molar-refractivity contribution < 1.29 is 9.59 Å². The maximum atomic E-state index is 12.2. The third-order valence-corrected chi connectivity index (χ3v) is 4.42. The molecule has 24 heavy (non-hydrogen) atoms. The molecule has 0 heterocycles. The second-order valence-corrected chi connectivity index (χ2v) is 6.81. The molecule has 134 valence electrons. The van der Waals surface area contributed by atoms with Gasteiger partial charge in [-0.3, -0.25) is 9.59 Å². The molecule has 0 saturated carbocycles. The number of benzene rings is 1. The highest BCUT2D eigenvalue weighted by molar-refractivity contribution is 6.33. The lowest BCUT2D eigenvalue weighted by Gasteiger charge is -2.14. The smallest absolute Gasteiger partial charge is 0.227 e. The summed E-state index contributed by atoms with van der Waals surface area (Å²) >= 11 is 6.17. The summed E-state index contributed by atoms with van der Waals surface area (Å²) in [6.45, 7) is 8.39. The Labute approximate surface area is 150 Å². The van der Waals surface area contributed by atoms with Crippen molar-refractivity contribution in [2.75, 3.05) is 5.32 Å². The molecule has 0 aliphatic heterocycles. The Kier molecular flexibility index (Phi) is 8.83. The van der Waals surface area contributed by atoms with Crippen LogP contribution in [0.3, 0.4) is 0 Å². The average Bonchev–Trinajstić information content (AvgIpc) is 2.55. The number of amides is 2. The van der Waals surface area contributed by atoms with Gasteiger partial charge < -0.3 is 10.6 Å². The van der Waals surface area contributed by atoms with Crippen molar-refractivity contribution >= 4 is 29.1 Å². The van der Waals surface area contributed by atoms with Gasteiger partial charge in [-0.2, -0.15) is 0 Å². The summed E-state index contributed by atoms with van der Waals surface area (Å²) in [6, 6.07) is 5.43. The Morgan fingerprint density at radius 1 is 1.04 bits per heavy atom. The monoisotopic (exact) mass is 352 g/mol.